The Kier molecular flexibility index (Phi) is 7.32. The smallest absolute Gasteiger partial charge is 0.263 e. The Balaban J connectivity index is 1.68. The van der Waals surface area contributed by atoms with E-state index in [9.17, 15) is 9.59 Å². The normalized spacial score (nSPS) is 14.1. The van der Waals surface area contributed by atoms with Crippen molar-refractivity contribution in [1.29, 1.82) is 0 Å². The third kappa shape index (κ3) is 4.82. The van der Waals surface area contributed by atoms with Gasteiger partial charge in [-0.1, -0.05) is 41.6 Å². The van der Waals surface area contributed by atoms with Gasteiger partial charge in [-0.15, -0.1) is 11.3 Å². The van der Waals surface area contributed by atoms with Crippen molar-refractivity contribution in [3.63, 3.8) is 0 Å². The minimum absolute atomic E-state index is 0.0583. The summed E-state index contributed by atoms with van der Waals surface area (Å²) >= 11 is 9.39. The number of likely N-dealkylation sites (tertiary alicyclic amines) is 1. The summed E-state index contributed by atoms with van der Waals surface area (Å²) in [6.07, 6.45) is 2.28. The topological polar surface area (TPSA) is 64.4 Å². The van der Waals surface area contributed by atoms with Crippen LogP contribution < -0.4 is 5.56 Å². The van der Waals surface area contributed by atoms with Crippen LogP contribution in [0.5, 0.6) is 0 Å². The lowest BCUT2D eigenvalue weighted by molar-refractivity contribution is -0.127. The second-order valence-electron chi connectivity index (χ2n) is 7.34. The maximum Gasteiger partial charge on any atom is 0.263 e. The zero-order chi connectivity index (χ0) is 21.8. The van der Waals surface area contributed by atoms with E-state index >= 15 is 0 Å². The molecule has 1 aliphatic rings. The van der Waals surface area contributed by atoms with Crippen molar-refractivity contribution in [2.24, 2.45) is 0 Å². The summed E-state index contributed by atoms with van der Waals surface area (Å²) in [4.78, 5) is 32.9. The quantitative estimate of drug-likeness (QED) is 0.257. The van der Waals surface area contributed by atoms with Gasteiger partial charge in [-0.25, -0.2) is 4.98 Å². The molecule has 9 heteroatoms. The monoisotopic (exact) mass is 477 g/mol. The van der Waals surface area contributed by atoms with Crippen LogP contribution in [-0.2, 0) is 16.1 Å². The Morgan fingerprint density at radius 2 is 2.06 bits per heavy atom. The molecular weight excluding hydrogens is 454 g/mol. The highest BCUT2D eigenvalue weighted by atomic mass is 35.5. The number of hydrogen-bond acceptors (Lipinski definition) is 6. The third-order valence-corrected chi connectivity index (χ3v) is 7.48. The van der Waals surface area contributed by atoms with Crippen LogP contribution in [-0.4, -0.2) is 52.9 Å². The number of thiophene rings is 1. The lowest BCUT2D eigenvalue weighted by atomic mass is 10.1. The predicted molar refractivity (Wildman–Crippen MR) is 127 cm³/mol. The molecule has 3 heterocycles. The number of carbonyl (C=O) groups is 1. The molecule has 0 atom stereocenters. The molecule has 6 nitrogen and oxygen atoms in total. The number of carbonyl (C=O) groups excluding carboxylic acids is 1. The van der Waals surface area contributed by atoms with E-state index in [2.05, 4.69) is 0 Å². The van der Waals surface area contributed by atoms with Gasteiger partial charge in [0, 0.05) is 67.1 Å². The van der Waals surface area contributed by atoms with E-state index in [0.29, 0.717) is 58.7 Å². The zero-order valence-corrected chi connectivity index (χ0v) is 19.7. The molecule has 0 N–H and O–H groups in total. The van der Waals surface area contributed by atoms with Gasteiger partial charge in [-0.3, -0.25) is 14.2 Å². The molecule has 0 aliphatic carbocycles. The average molecular weight is 478 g/mol. The number of hydrogen-bond donors (Lipinski definition) is 0. The highest BCUT2D eigenvalue weighted by molar-refractivity contribution is 7.99. The molecule has 2 aromatic heterocycles. The number of ether oxygens (including phenoxy) is 1. The number of aromatic nitrogens is 2. The largest absolute Gasteiger partial charge is 0.385 e. The van der Waals surface area contributed by atoms with E-state index in [1.165, 1.54) is 23.1 Å². The van der Waals surface area contributed by atoms with Gasteiger partial charge in [0.15, 0.2) is 5.16 Å². The molecule has 0 spiro atoms. The van der Waals surface area contributed by atoms with E-state index in [4.69, 9.17) is 21.3 Å². The van der Waals surface area contributed by atoms with Gasteiger partial charge in [-0.2, -0.15) is 0 Å². The molecule has 31 heavy (non-hydrogen) atoms. The molecular formula is C22H24ClN3O3S2. The fourth-order valence-corrected chi connectivity index (χ4v) is 5.95. The first-order chi connectivity index (χ1) is 15.1. The third-order valence-electron chi connectivity index (χ3n) is 5.32. The van der Waals surface area contributed by atoms with Crippen molar-refractivity contribution in [2.45, 2.75) is 31.0 Å². The molecule has 3 aromatic rings. The zero-order valence-electron chi connectivity index (χ0n) is 17.3. The van der Waals surface area contributed by atoms with Crippen LogP contribution in [0.2, 0.25) is 5.02 Å². The fraction of sp³-hybridized carbons (Fsp3) is 0.409. The molecule has 0 radical (unpaired) electrons. The molecule has 1 saturated heterocycles. The van der Waals surface area contributed by atoms with Crippen molar-refractivity contribution < 1.29 is 9.53 Å². The van der Waals surface area contributed by atoms with E-state index in [-0.39, 0.29) is 11.5 Å². The SMILES string of the molecule is COCCCn1c(SCCN2CCCC2=O)nc2scc(-c3ccccc3Cl)c2c1=O. The maximum absolute atomic E-state index is 13.5. The summed E-state index contributed by atoms with van der Waals surface area (Å²) in [5.41, 5.74) is 1.60. The summed E-state index contributed by atoms with van der Waals surface area (Å²) < 4.78 is 6.92. The van der Waals surface area contributed by atoms with Gasteiger partial charge < -0.3 is 9.64 Å². The highest BCUT2D eigenvalue weighted by Gasteiger charge is 2.21. The van der Waals surface area contributed by atoms with Crippen LogP contribution in [0.4, 0.5) is 0 Å². The summed E-state index contributed by atoms with van der Waals surface area (Å²) in [6.45, 7) is 2.58. The minimum atomic E-state index is -0.0583. The lowest BCUT2D eigenvalue weighted by Gasteiger charge is -2.16. The predicted octanol–water partition coefficient (Wildman–Crippen LogP) is 4.53. The van der Waals surface area contributed by atoms with Crippen molar-refractivity contribution in [3.05, 3.63) is 45.0 Å². The molecule has 0 bridgehead atoms. The Labute approximate surface area is 194 Å². The van der Waals surface area contributed by atoms with E-state index in [1.54, 1.807) is 11.7 Å². The van der Waals surface area contributed by atoms with E-state index in [0.717, 1.165) is 24.1 Å². The van der Waals surface area contributed by atoms with Crippen molar-refractivity contribution in [3.8, 4) is 11.1 Å². The number of nitrogens with zero attached hydrogens (tertiary/aromatic N) is 3. The van der Waals surface area contributed by atoms with Gasteiger partial charge in [0.2, 0.25) is 5.91 Å². The Hall–Kier alpha value is -1.87. The molecule has 1 aromatic carbocycles. The Morgan fingerprint density at radius 3 is 2.81 bits per heavy atom. The fourth-order valence-electron chi connectivity index (χ4n) is 3.75. The van der Waals surface area contributed by atoms with Crippen LogP contribution in [0.15, 0.2) is 39.6 Å². The van der Waals surface area contributed by atoms with Crippen LogP contribution in [0, 0.1) is 0 Å². The average Bonchev–Trinajstić information content (AvgIpc) is 3.37. The molecule has 1 aliphatic heterocycles. The molecule has 1 amide bonds. The van der Waals surface area contributed by atoms with Crippen LogP contribution in [0.3, 0.4) is 0 Å². The van der Waals surface area contributed by atoms with Gasteiger partial charge in [0.05, 0.1) is 5.39 Å². The van der Waals surface area contributed by atoms with E-state index in [1.807, 2.05) is 34.5 Å². The molecule has 1 fully saturated rings. The Bertz CT molecular complexity index is 1140. The van der Waals surface area contributed by atoms with Gasteiger partial charge >= 0.3 is 0 Å². The maximum atomic E-state index is 13.5. The number of methoxy groups -OCH3 is 1. The molecule has 4 rings (SSSR count). The molecule has 0 saturated carbocycles. The van der Waals surface area contributed by atoms with Gasteiger partial charge in [0.25, 0.3) is 5.56 Å². The number of amides is 1. The van der Waals surface area contributed by atoms with Crippen molar-refractivity contribution >= 4 is 50.8 Å². The van der Waals surface area contributed by atoms with E-state index < -0.39 is 0 Å². The van der Waals surface area contributed by atoms with Crippen LogP contribution in [0.25, 0.3) is 21.3 Å². The number of benzene rings is 1. The van der Waals surface area contributed by atoms with Crippen LogP contribution >= 0.6 is 34.7 Å². The second kappa shape index (κ2) is 10.2. The highest BCUT2D eigenvalue weighted by Crippen LogP contribution is 2.35. The summed E-state index contributed by atoms with van der Waals surface area (Å²) in [5, 5.41) is 3.86. The number of halogens is 1. The molecule has 164 valence electrons. The summed E-state index contributed by atoms with van der Waals surface area (Å²) in [6, 6.07) is 7.55. The number of thioether (sulfide) groups is 1. The molecule has 0 unspecified atom stereocenters. The van der Waals surface area contributed by atoms with Gasteiger partial charge in [0.1, 0.15) is 4.83 Å². The van der Waals surface area contributed by atoms with Gasteiger partial charge in [-0.05, 0) is 18.9 Å². The lowest BCUT2D eigenvalue weighted by Crippen LogP contribution is -2.28. The summed E-state index contributed by atoms with van der Waals surface area (Å²) in [5.74, 6) is 0.917. The number of rotatable bonds is 9. The second-order valence-corrected chi connectivity index (χ2v) is 9.67. The first kappa shape index (κ1) is 22.3. The number of fused-ring (bicyclic) bond motifs is 1. The Morgan fingerprint density at radius 1 is 1.23 bits per heavy atom. The minimum Gasteiger partial charge on any atom is -0.385 e. The first-order valence-electron chi connectivity index (χ1n) is 10.3. The summed E-state index contributed by atoms with van der Waals surface area (Å²) in [7, 11) is 1.65. The standard InChI is InChI=1S/C22H24ClN3O3S2/c1-29-12-5-10-26-21(28)19-16(15-6-2-3-7-17(15)23)14-31-20(19)24-22(26)30-13-11-25-9-4-8-18(25)27/h2-3,6-7,14H,4-5,8-13H2,1H3. The first-order valence-corrected chi connectivity index (χ1v) is 12.5. The van der Waals surface area contributed by atoms with Crippen molar-refractivity contribution in [1.82, 2.24) is 14.5 Å². The van der Waals surface area contributed by atoms with Crippen molar-refractivity contribution in [2.75, 3.05) is 32.6 Å². The van der Waals surface area contributed by atoms with Crippen LogP contribution in [0.1, 0.15) is 19.3 Å².